The molecule has 2 nitrogen and oxygen atoms in total. The van der Waals surface area contributed by atoms with Gasteiger partial charge in [0.2, 0.25) is 0 Å². The molecule has 0 fully saturated rings. The number of carbonyl (C=O) groups is 1. The van der Waals surface area contributed by atoms with Crippen LogP contribution in [0.1, 0.15) is 26.7 Å². The molecule has 0 saturated carbocycles. The van der Waals surface area contributed by atoms with Crippen molar-refractivity contribution < 1.29 is 9.53 Å². The van der Waals surface area contributed by atoms with Crippen molar-refractivity contribution in [2.24, 2.45) is 0 Å². The third-order valence-electron chi connectivity index (χ3n) is 0.756. The van der Waals surface area contributed by atoms with E-state index in [0.717, 1.165) is 15.0 Å². The quantitative estimate of drug-likeness (QED) is 0.489. The third-order valence-corrected chi connectivity index (χ3v) is 0.756. The van der Waals surface area contributed by atoms with Crippen LogP contribution in [-0.2, 0) is 9.53 Å². The third kappa shape index (κ3) is 17.7. The van der Waals surface area contributed by atoms with E-state index < -0.39 is 0 Å². The van der Waals surface area contributed by atoms with E-state index in [9.17, 15) is 4.79 Å². The second-order valence-corrected chi connectivity index (χ2v) is 3.07. The van der Waals surface area contributed by atoms with Gasteiger partial charge in [-0.25, -0.2) is 0 Å². The van der Waals surface area contributed by atoms with Crippen molar-refractivity contribution in [3.8, 4) is 0 Å². The summed E-state index contributed by atoms with van der Waals surface area (Å²) in [6.07, 6.45) is 1.39. The highest BCUT2D eigenvalue weighted by Gasteiger charge is 1.93. The number of hydrogen-bond acceptors (Lipinski definition) is 2. The van der Waals surface area contributed by atoms with E-state index in [4.69, 9.17) is 4.74 Å². The second kappa shape index (κ2) is 12.6. The number of hydrogen-bond donors (Lipinski definition) is 0. The van der Waals surface area contributed by atoms with E-state index in [1.54, 1.807) is 6.92 Å². The Kier molecular flexibility index (Phi) is 15.4. The summed E-state index contributed by atoms with van der Waals surface area (Å²) < 4.78 is 4.70. The molecule has 0 rings (SSSR count). The first-order chi connectivity index (χ1) is 5.22. The molecule has 0 saturated heterocycles. The van der Waals surface area contributed by atoms with Gasteiger partial charge in [0.25, 0.3) is 0 Å². The monoisotopic (exact) mass is 178 g/mol. The Bertz CT molecular complexity index is 84.2. The Morgan fingerprint density at radius 1 is 1.36 bits per heavy atom. The molecule has 0 heterocycles. The van der Waals surface area contributed by atoms with Crippen molar-refractivity contribution in [1.82, 2.24) is 0 Å². The maximum atomic E-state index is 10.3. The Morgan fingerprint density at radius 2 is 1.82 bits per heavy atom. The lowest BCUT2D eigenvalue weighted by atomic mass is 10.5. The van der Waals surface area contributed by atoms with E-state index >= 15 is 0 Å². The highest BCUT2D eigenvalue weighted by Crippen LogP contribution is 1.85. The zero-order valence-corrected chi connectivity index (χ0v) is 8.94. The first kappa shape index (κ1) is 13.5. The van der Waals surface area contributed by atoms with Gasteiger partial charge in [0.15, 0.2) is 0 Å². The first-order valence-corrected chi connectivity index (χ1v) is 5.96. The molecule has 0 atom stereocenters. The Balaban J connectivity index is 0. The predicted molar refractivity (Wildman–Crippen MR) is 51.7 cm³/mol. The van der Waals surface area contributed by atoms with Crippen molar-refractivity contribution in [2.75, 3.05) is 19.9 Å². The first-order valence-electron chi connectivity index (χ1n) is 3.96. The standard InChI is InChI=1S/C6H12O2.C2H7P/c1-3-5-8-6(7)4-2;1-3-2/h3-5H2,1-2H3;3H,1-2H3. The molecule has 0 spiro atoms. The van der Waals surface area contributed by atoms with Crippen molar-refractivity contribution in [3.63, 3.8) is 0 Å². The molecule has 0 aliphatic heterocycles. The molecule has 0 unspecified atom stereocenters. The predicted octanol–water partition coefficient (Wildman–Crippen LogP) is 2.27. The summed E-state index contributed by atoms with van der Waals surface area (Å²) in [4.78, 5) is 10.3. The van der Waals surface area contributed by atoms with E-state index in [1.165, 1.54) is 0 Å². The van der Waals surface area contributed by atoms with Crippen LogP contribution >= 0.6 is 8.58 Å². The number of carbonyl (C=O) groups excluding carboxylic acids is 1. The molecule has 3 heteroatoms. The van der Waals surface area contributed by atoms with Crippen LogP contribution in [0.15, 0.2) is 0 Å². The molecule has 0 aromatic carbocycles. The fourth-order valence-electron chi connectivity index (χ4n) is 0.318. The normalized spacial score (nSPS) is 8.00. The van der Waals surface area contributed by atoms with E-state index in [-0.39, 0.29) is 5.97 Å². The smallest absolute Gasteiger partial charge is 0.305 e. The average molecular weight is 178 g/mol. The molecule has 0 bridgehead atoms. The molecule has 0 aromatic heterocycles. The van der Waals surface area contributed by atoms with Gasteiger partial charge in [0.1, 0.15) is 0 Å². The van der Waals surface area contributed by atoms with Crippen LogP contribution in [0.5, 0.6) is 0 Å². The van der Waals surface area contributed by atoms with Gasteiger partial charge in [-0.15, -0.1) is 8.58 Å². The summed E-state index contributed by atoms with van der Waals surface area (Å²) >= 11 is 0. The summed E-state index contributed by atoms with van der Waals surface area (Å²) in [5.41, 5.74) is 0. The SMILES string of the molecule is CCCOC(=O)CC.CPC. The zero-order valence-electron chi connectivity index (χ0n) is 7.94. The summed E-state index contributed by atoms with van der Waals surface area (Å²) in [5, 5.41) is 0. The van der Waals surface area contributed by atoms with Gasteiger partial charge in [-0.3, -0.25) is 4.79 Å². The highest BCUT2D eigenvalue weighted by molar-refractivity contribution is 7.35. The van der Waals surface area contributed by atoms with Crippen LogP contribution in [0, 0.1) is 0 Å². The average Bonchev–Trinajstić information content (AvgIpc) is 2.02. The van der Waals surface area contributed by atoms with Crippen LogP contribution in [0.3, 0.4) is 0 Å². The fourth-order valence-corrected chi connectivity index (χ4v) is 0.318. The lowest BCUT2D eigenvalue weighted by Crippen LogP contribution is -2.02. The van der Waals surface area contributed by atoms with Crippen LogP contribution in [0.2, 0.25) is 0 Å². The van der Waals surface area contributed by atoms with Crippen molar-refractivity contribution in [1.29, 1.82) is 0 Å². The summed E-state index contributed by atoms with van der Waals surface area (Å²) in [6.45, 7) is 8.63. The second-order valence-electron chi connectivity index (χ2n) is 2.07. The number of ether oxygens (including phenoxy) is 1. The molecule has 11 heavy (non-hydrogen) atoms. The van der Waals surface area contributed by atoms with Crippen LogP contribution in [0.4, 0.5) is 0 Å². The number of esters is 1. The largest absolute Gasteiger partial charge is 0.466 e. The highest BCUT2D eigenvalue weighted by atomic mass is 31.1. The number of rotatable bonds is 3. The molecule has 0 aromatic rings. The van der Waals surface area contributed by atoms with Gasteiger partial charge >= 0.3 is 5.97 Å². The zero-order chi connectivity index (χ0) is 9.11. The van der Waals surface area contributed by atoms with E-state index in [2.05, 4.69) is 13.3 Å². The molecule has 0 radical (unpaired) electrons. The van der Waals surface area contributed by atoms with Crippen molar-refractivity contribution >= 4 is 14.6 Å². The van der Waals surface area contributed by atoms with Crippen molar-refractivity contribution in [3.05, 3.63) is 0 Å². The lowest BCUT2D eigenvalue weighted by Gasteiger charge is -1.97. The van der Waals surface area contributed by atoms with Gasteiger partial charge in [-0.1, -0.05) is 13.8 Å². The van der Waals surface area contributed by atoms with E-state index in [1.807, 2.05) is 6.92 Å². The van der Waals surface area contributed by atoms with Crippen LogP contribution < -0.4 is 0 Å². The Hall–Kier alpha value is -0.100. The van der Waals surface area contributed by atoms with Gasteiger partial charge < -0.3 is 4.74 Å². The Morgan fingerprint density at radius 3 is 2.09 bits per heavy atom. The topological polar surface area (TPSA) is 26.3 Å². The summed E-state index contributed by atoms with van der Waals surface area (Å²) in [7, 11) is 1.08. The van der Waals surface area contributed by atoms with Gasteiger partial charge in [-0.2, -0.15) is 0 Å². The molecule has 0 N–H and O–H groups in total. The molecule has 0 aliphatic carbocycles. The summed E-state index contributed by atoms with van der Waals surface area (Å²) in [5.74, 6) is -0.105. The summed E-state index contributed by atoms with van der Waals surface area (Å²) in [6, 6.07) is 0. The van der Waals surface area contributed by atoms with Gasteiger partial charge in [-0.05, 0) is 19.8 Å². The molecule has 68 valence electrons. The van der Waals surface area contributed by atoms with Crippen LogP contribution in [-0.4, -0.2) is 25.9 Å². The van der Waals surface area contributed by atoms with Gasteiger partial charge in [0.05, 0.1) is 6.61 Å². The lowest BCUT2D eigenvalue weighted by molar-refractivity contribution is -0.143. The maximum Gasteiger partial charge on any atom is 0.305 e. The van der Waals surface area contributed by atoms with E-state index in [0.29, 0.717) is 13.0 Å². The minimum Gasteiger partial charge on any atom is -0.466 e. The minimum absolute atomic E-state index is 0.105. The minimum atomic E-state index is -0.105. The molecule has 0 aliphatic rings. The van der Waals surface area contributed by atoms with Crippen LogP contribution in [0.25, 0.3) is 0 Å². The fraction of sp³-hybridized carbons (Fsp3) is 0.875. The Labute approximate surface area is 71.5 Å². The molecular weight excluding hydrogens is 159 g/mol. The maximum absolute atomic E-state index is 10.3. The molecule has 0 amide bonds. The van der Waals surface area contributed by atoms with Gasteiger partial charge in [0, 0.05) is 6.42 Å². The van der Waals surface area contributed by atoms with Crippen molar-refractivity contribution in [2.45, 2.75) is 26.7 Å². The molecular formula is C8H19O2P.